The molecule has 15 heavy (non-hydrogen) atoms. The zero-order valence-corrected chi connectivity index (χ0v) is 9.63. The molecule has 1 rings (SSSR count). The van der Waals surface area contributed by atoms with Crippen LogP contribution in [0.5, 0.6) is 0 Å². The van der Waals surface area contributed by atoms with E-state index in [1.807, 2.05) is 30.3 Å². The van der Waals surface area contributed by atoms with Crippen LogP contribution in [-0.2, 0) is 9.53 Å². The Morgan fingerprint density at radius 2 is 2.13 bits per heavy atom. The van der Waals surface area contributed by atoms with Gasteiger partial charge in [0.1, 0.15) is 6.61 Å². The van der Waals surface area contributed by atoms with Crippen LogP contribution in [0.2, 0.25) is 0 Å². The number of esters is 1. The molecule has 0 unspecified atom stereocenters. The van der Waals surface area contributed by atoms with Gasteiger partial charge < -0.3 is 4.74 Å². The van der Waals surface area contributed by atoms with Crippen molar-refractivity contribution in [2.75, 3.05) is 12.4 Å². The number of rotatable bonds is 5. The zero-order chi connectivity index (χ0) is 10.9. The van der Waals surface area contributed by atoms with Crippen LogP contribution < -0.4 is 0 Å². The molecule has 1 aromatic carbocycles. The Labute approximate surface area is 98.3 Å². The topological polar surface area (TPSA) is 26.3 Å². The molecular formula is C11H11ClO2S. The molecule has 0 aliphatic carbocycles. The summed E-state index contributed by atoms with van der Waals surface area (Å²) in [4.78, 5) is 12.2. The molecule has 0 spiro atoms. The Kier molecular flexibility index (Phi) is 5.97. The third-order valence-electron chi connectivity index (χ3n) is 1.53. The van der Waals surface area contributed by atoms with Crippen molar-refractivity contribution in [3.8, 4) is 0 Å². The van der Waals surface area contributed by atoms with E-state index in [0.29, 0.717) is 5.75 Å². The first-order valence-corrected chi connectivity index (χ1v) is 5.84. The first kappa shape index (κ1) is 12.1. The molecule has 2 nitrogen and oxygen atoms in total. The summed E-state index contributed by atoms with van der Waals surface area (Å²) in [7, 11) is 0. The van der Waals surface area contributed by atoms with Gasteiger partial charge in [0.25, 0.3) is 0 Å². The molecule has 0 aliphatic heterocycles. The van der Waals surface area contributed by atoms with Crippen molar-refractivity contribution >= 4 is 29.3 Å². The van der Waals surface area contributed by atoms with Gasteiger partial charge in [0.15, 0.2) is 0 Å². The monoisotopic (exact) mass is 242 g/mol. The molecule has 0 N–H and O–H groups in total. The normalized spacial score (nSPS) is 10.5. The third kappa shape index (κ3) is 5.50. The van der Waals surface area contributed by atoms with E-state index < -0.39 is 0 Å². The van der Waals surface area contributed by atoms with E-state index in [1.54, 1.807) is 6.08 Å². The maximum absolute atomic E-state index is 11.2. The summed E-state index contributed by atoms with van der Waals surface area (Å²) >= 11 is 6.74. The van der Waals surface area contributed by atoms with Crippen molar-refractivity contribution in [2.45, 2.75) is 4.90 Å². The smallest absolute Gasteiger partial charge is 0.316 e. The molecule has 0 aliphatic rings. The van der Waals surface area contributed by atoms with Crippen molar-refractivity contribution < 1.29 is 9.53 Å². The second-order valence-electron chi connectivity index (χ2n) is 2.65. The lowest BCUT2D eigenvalue weighted by Crippen LogP contribution is -2.06. The van der Waals surface area contributed by atoms with E-state index in [0.717, 1.165) is 4.90 Å². The maximum Gasteiger partial charge on any atom is 0.316 e. The molecule has 0 bridgehead atoms. The van der Waals surface area contributed by atoms with Crippen molar-refractivity contribution in [1.82, 2.24) is 0 Å². The van der Waals surface area contributed by atoms with Crippen molar-refractivity contribution in [1.29, 1.82) is 0 Å². The van der Waals surface area contributed by atoms with Crippen LogP contribution in [-0.4, -0.2) is 18.3 Å². The fourth-order valence-corrected chi connectivity index (χ4v) is 1.67. The SMILES string of the molecule is O=C(CSc1ccccc1)OC/C=C/Cl. The average molecular weight is 243 g/mol. The molecule has 0 saturated heterocycles. The highest BCUT2D eigenvalue weighted by molar-refractivity contribution is 8.00. The number of carbonyl (C=O) groups excluding carboxylic acids is 1. The second-order valence-corrected chi connectivity index (χ2v) is 3.95. The van der Waals surface area contributed by atoms with E-state index in [2.05, 4.69) is 0 Å². The first-order valence-electron chi connectivity index (χ1n) is 4.41. The Morgan fingerprint density at radius 1 is 1.40 bits per heavy atom. The highest BCUT2D eigenvalue weighted by Gasteiger charge is 2.02. The van der Waals surface area contributed by atoms with Gasteiger partial charge in [-0.2, -0.15) is 0 Å². The van der Waals surface area contributed by atoms with Crippen molar-refractivity contribution in [3.05, 3.63) is 41.9 Å². The Balaban J connectivity index is 2.23. The summed E-state index contributed by atoms with van der Waals surface area (Å²) in [6, 6.07) is 9.72. The van der Waals surface area contributed by atoms with Crippen molar-refractivity contribution in [2.24, 2.45) is 0 Å². The predicted octanol–water partition coefficient (Wildman–Crippen LogP) is 3.07. The van der Waals surface area contributed by atoms with Crippen LogP contribution in [0.15, 0.2) is 46.8 Å². The molecule has 0 heterocycles. The molecule has 1 aromatic rings. The average Bonchev–Trinajstić information content (AvgIpc) is 2.28. The molecule has 0 radical (unpaired) electrons. The van der Waals surface area contributed by atoms with E-state index >= 15 is 0 Å². The molecule has 0 amide bonds. The Hall–Kier alpha value is -0.930. The van der Waals surface area contributed by atoms with Gasteiger partial charge in [-0.3, -0.25) is 4.79 Å². The lowest BCUT2D eigenvalue weighted by molar-refractivity contribution is -0.139. The minimum Gasteiger partial charge on any atom is -0.461 e. The highest BCUT2D eigenvalue weighted by Crippen LogP contribution is 2.16. The Bertz CT molecular complexity index is 325. The van der Waals surface area contributed by atoms with Crippen molar-refractivity contribution in [3.63, 3.8) is 0 Å². The largest absolute Gasteiger partial charge is 0.461 e. The third-order valence-corrected chi connectivity index (χ3v) is 2.69. The van der Waals surface area contributed by atoms with Gasteiger partial charge in [-0.15, -0.1) is 11.8 Å². The number of halogens is 1. The molecule has 80 valence electrons. The van der Waals surface area contributed by atoms with Crippen LogP contribution in [0.3, 0.4) is 0 Å². The number of benzene rings is 1. The summed E-state index contributed by atoms with van der Waals surface area (Å²) in [6.07, 6.45) is 1.58. The van der Waals surface area contributed by atoms with Gasteiger partial charge >= 0.3 is 5.97 Å². The zero-order valence-electron chi connectivity index (χ0n) is 8.06. The van der Waals surface area contributed by atoms with E-state index in [1.165, 1.54) is 17.3 Å². The summed E-state index contributed by atoms with van der Waals surface area (Å²) in [5, 5.41) is 0. The summed E-state index contributed by atoms with van der Waals surface area (Å²) in [5.74, 6) is 0.0822. The first-order chi connectivity index (χ1) is 7.33. The van der Waals surface area contributed by atoms with Gasteiger partial charge in [0.2, 0.25) is 0 Å². The van der Waals surface area contributed by atoms with Crippen LogP contribution in [0, 0.1) is 0 Å². The van der Waals surface area contributed by atoms with Gasteiger partial charge in [0.05, 0.1) is 5.75 Å². The lowest BCUT2D eigenvalue weighted by atomic mass is 10.4. The fraction of sp³-hybridized carbons (Fsp3) is 0.182. The summed E-state index contributed by atoms with van der Waals surface area (Å²) in [6.45, 7) is 0.234. The van der Waals surface area contributed by atoms with E-state index in [-0.39, 0.29) is 12.6 Å². The number of ether oxygens (including phenoxy) is 1. The molecule has 0 saturated carbocycles. The maximum atomic E-state index is 11.2. The van der Waals surface area contributed by atoms with Crippen LogP contribution >= 0.6 is 23.4 Å². The van der Waals surface area contributed by atoms with Crippen LogP contribution in [0.1, 0.15) is 0 Å². The lowest BCUT2D eigenvalue weighted by Gasteiger charge is -2.01. The second kappa shape index (κ2) is 7.37. The van der Waals surface area contributed by atoms with Gasteiger partial charge in [-0.1, -0.05) is 29.8 Å². The minimum atomic E-state index is -0.237. The standard InChI is InChI=1S/C11H11ClO2S/c12-7-4-8-14-11(13)9-15-10-5-2-1-3-6-10/h1-7H,8-9H2/b7-4+. The highest BCUT2D eigenvalue weighted by atomic mass is 35.5. The minimum absolute atomic E-state index is 0.234. The summed E-state index contributed by atoms with van der Waals surface area (Å²) < 4.78 is 4.87. The van der Waals surface area contributed by atoms with Gasteiger partial charge in [-0.05, 0) is 18.2 Å². The molecule has 0 atom stereocenters. The fourth-order valence-electron chi connectivity index (χ4n) is 0.878. The van der Waals surface area contributed by atoms with Gasteiger partial charge in [-0.25, -0.2) is 0 Å². The van der Waals surface area contributed by atoms with E-state index in [9.17, 15) is 4.79 Å². The predicted molar refractivity (Wildman–Crippen MR) is 63.1 cm³/mol. The van der Waals surface area contributed by atoms with E-state index in [4.69, 9.17) is 16.3 Å². The number of hydrogen-bond acceptors (Lipinski definition) is 3. The number of thioether (sulfide) groups is 1. The number of hydrogen-bond donors (Lipinski definition) is 0. The molecule has 4 heteroatoms. The summed E-state index contributed by atoms with van der Waals surface area (Å²) in [5.41, 5.74) is 1.33. The molecule has 0 aromatic heterocycles. The van der Waals surface area contributed by atoms with Crippen LogP contribution in [0.4, 0.5) is 0 Å². The molecule has 0 fully saturated rings. The van der Waals surface area contributed by atoms with Crippen LogP contribution in [0.25, 0.3) is 0 Å². The number of carbonyl (C=O) groups is 1. The Morgan fingerprint density at radius 3 is 2.80 bits per heavy atom. The van der Waals surface area contributed by atoms with Gasteiger partial charge in [0, 0.05) is 10.4 Å². The quantitative estimate of drug-likeness (QED) is 0.586. The molecular weight excluding hydrogens is 232 g/mol.